The van der Waals surface area contributed by atoms with E-state index in [9.17, 15) is 4.79 Å². The highest BCUT2D eigenvalue weighted by Gasteiger charge is 2.41. The van der Waals surface area contributed by atoms with Gasteiger partial charge in [-0.2, -0.15) is 0 Å². The fraction of sp³-hybridized carbons (Fsp3) is 0.923. The maximum absolute atomic E-state index is 11.6. The van der Waals surface area contributed by atoms with E-state index in [0.29, 0.717) is 11.8 Å². The van der Waals surface area contributed by atoms with Crippen LogP contribution in [0.3, 0.4) is 0 Å². The Morgan fingerprint density at radius 2 is 1.94 bits per heavy atom. The number of amides is 1. The Bertz CT molecular complexity index is 212. The summed E-state index contributed by atoms with van der Waals surface area (Å²) in [6, 6.07) is 0. The highest BCUT2D eigenvalue weighted by Crippen LogP contribution is 2.44. The van der Waals surface area contributed by atoms with Crippen LogP contribution in [0.25, 0.3) is 0 Å². The SMILES string of the molecule is CCCCCCC(=O)NCC1(CNC)CC1. The van der Waals surface area contributed by atoms with E-state index in [1.54, 1.807) is 0 Å². The van der Waals surface area contributed by atoms with E-state index in [-0.39, 0.29) is 5.91 Å². The summed E-state index contributed by atoms with van der Waals surface area (Å²) < 4.78 is 0. The molecule has 0 radical (unpaired) electrons. The quantitative estimate of drug-likeness (QED) is 0.591. The molecule has 0 bridgehead atoms. The molecule has 16 heavy (non-hydrogen) atoms. The van der Waals surface area contributed by atoms with E-state index in [0.717, 1.165) is 19.5 Å². The van der Waals surface area contributed by atoms with Gasteiger partial charge in [-0.3, -0.25) is 4.79 Å². The van der Waals surface area contributed by atoms with Crippen LogP contribution in [0.4, 0.5) is 0 Å². The average Bonchev–Trinajstić information content (AvgIpc) is 3.03. The van der Waals surface area contributed by atoms with Gasteiger partial charge in [0, 0.05) is 24.9 Å². The van der Waals surface area contributed by atoms with Gasteiger partial charge < -0.3 is 10.6 Å². The average molecular weight is 226 g/mol. The minimum atomic E-state index is 0.235. The van der Waals surface area contributed by atoms with Gasteiger partial charge in [0.15, 0.2) is 0 Å². The molecule has 0 saturated heterocycles. The number of rotatable bonds is 9. The molecular weight excluding hydrogens is 200 g/mol. The number of unbranched alkanes of at least 4 members (excludes halogenated alkanes) is 3. The molecule has 3 nitrogen and oxygen atoms in total. The maximum Gasteiger partial charge on any atom is 0.220 e. The van der Waals surface area contributed by atoms with Gasteiger partial charge in [0.2, 0.25) is 5.91 Å². The second-order valence-corrected chi connectivity index (χ2v) is 5.12. The lowest BCUT2D eigenvalue weighted by Gasteiger charge is -2.15. The summed E-state index contributed by atoms with van der Waals surface area (Å²) in [5.74, 6) is 0.235. The number of hydrogen-bond donors (Lipinski definition) is 2. The van der Waals surface area contributed by atoms with Crippen molar-refractivity contribution in [3.8, 4) is 0 Å². The molecule has 1 amide bonds. The topological polar surface area (TPSA) is 41.1 Å². The largest absolute Gasteiger partial charge is 0.355 e. The van der Waals surface area contributed by atoms with Gasteiger partial charge in [-0.1, -0.05) is 26.2 Å². The molecule has 0 aliphatic heterocycles. The Hall–Kier alpha value is -0.570. The molecule has 0 aromatic heterocycles. The zero-order valence-corrected chi connectivity index (χ0v) is 10.8. The zero-order valence-electron chi connectivity index (χ0n) is 10.8. The van der Waals surface area contributed by atoms with E-state index >= 15 is 0 Å². The van der Waals surface area contributed by atoms with Crippen LogP contribution in [-0.2, 0) is 4.79 Å². The van der Waals surface area contributed by atoms with Crippen molar-refractivity contribution in [2.24, 2.45) is 5.41 Å². The van der Waals surface area contributed by atoms with E-state index < -0.39 is 0 Å². The van der Waals surface area contributed by atoms with Crippen LogP contribution < -0.4 is 10.6 Å². The normalized spacial score (nSPS) is 17.1. The third-order valence-corrected chi connectivity index (χ3v) is 3.43. The Balaban J connectivity index is 2.02. The predicted molar refractivity (Wildman–Crippen MR) is 67.4 cm³/mol. The monoisotopic (exact) mass is 226 g/mol. The van der Waals surface area contributed by atoms with E-state index in [2.05, 4.69) is 17.6 Å². The molecule has 0 spiro atoms. The van der Waals surface area contributed by atoms with E-state index in [4.69, 9.17) is 0 Å². The second kappa shape index (κ2) is 6.89. The molecule has 1 rings (SSSR count). The van der Waals surface area contributed by atoms with Crippen LogP contribution in [0.1, 0.15) is 51.9 Å². The zero-order chi connectivity index (χ0) is 11.9. The van der Waals surface area contributed by atoms with Crippen LogP contribution in [0.2, 0.25) is 0 Å². The molecule has 0 aromatic carbocycles. The molecule has 2 N–H and O–H groups in total. The van der Waals surface area contributed by atoms with Crippen LogP contribution in [0, 0.1) is 5.41 Å². The highest BCUT2D eigenvalue weighted by atomic mass is 16.1. The van der Waals surface area contributed by atoms with Gasteiger partial charge in [0.25, 0.3) is 0 Å². The van der Waals surface area contributed by atoms with Gasteiger partial charge in [-0.15, -0.1) is 0 Å². The molecule has 1 saturated carbocycles. The standard InChI is InChI=1S/C13H26N2O/c1-3-4-5-6-7-12(16)15-11-13(8-9-13)10-14-2/h14H,3-11H2,1-2H3,(H,15,16). The molecule has 0 unspecified atom stereocenters. The second-order valence-electron chi connectivity index (χ2n) is 5.12. The van der Waals surface area contributed by atoms with Crippen LogP contribution in [0.15, 0.2) is 0 Å². The lowest BCUT2D eigenvalue weighted by molar-refractivity contribution is -0.121. The minimum absolute atomic E-state index is 0.235. The summed E-state index contributed by atoms with van der Waals surface area (Å²) in [4.78, 5) is 11.6. The first-order valence-corrected chi connectivity index (χ1v) is 6.64. The molecule has 94 valence electrons. The summed E-state index contributed by atoms with van der Waals surface area (Å²) in [6.07, 6.45) is 7.91. The van der Waals surface area contributed by atoms with Gasteiger partial charge in [-0.05, 0) is 26.3 Å². The Morgan fingerprint density at radius 3 is 2.50 bits per heavy atom. The van der Waals surface area contributed by atoms with Crippen LogP contribution >= 0.6 is 0 Å². The summed E-state index contributed by atoms with van der Waals surface area (Å²) in [7, 11) is 1.98. The molecule has 0 aromatic rings. The number of nitrogens with one attached hydrogen (secondary N) is 2. The first kappa shape index (κ1) is 13.5. The number of carbonyl (C=O) groups excluding carboxylic acids is 1. The fourth-order valence-corrected chi connectivity index (χ4v) is 2.05. The molecule has 1 aliphatic carbocycles. The summed E-state index contributed by atoms with van der Waals surface area (Å²) in [5.41, 5.74) is 0.383. The van der Waals surface area contributed by atoms with Crippen molar-refractivity contribution in [1.29, 1.82) is 0 Å². The Kier molecular flexibility index (Phi) is 5.81. The van der Waals surface area contributed by atoms with Gasteiger partial charge in [-0.25, -0.2) is 0 Å². The highest BCUT2D eigenvalue weighted by molar-refractivity contribution is 5.75. The van der Waals surface area contributed by atoms with Crippen molar-refractivity contribution in [2.45, 2.75) is 51.9 Å². The van der Waals surface area contributed by atoms with Crippen LogP contribution in [0.5, 0.6) is 0 Å². The number of hydrogen-bond acceptors (Lipinski definition) is 2. The third kappa shape index (κ3) is 4.97. The Morgan fingerprint density at radius 1 is 1.19 bits per heavy atom. The van der Waals surface area contributed by atoms with E-state index in [1.807, 2.05) is 7.05 Å². The van der Waals surface area contributed by atoms with Crippen molar-refractivity contribution < 1.29 is 4.79 Å². The summed E-state index contributed by atoms with van der Waals surface area (Å²) >= 11 is 0. The summed E-state index contributed by atoms with van der Waals surface area (Å²) in [5, 5.41) is 6.27. The number of carbonyl (C=O) groups is 1. The molecule has 1 aliphatic rings. The molecule has 0 heterocycles. The predicted octanol–water partition coefficient (Wildman–Crippen LogP) is 2.07. The lowest BCUT2D eigenvalue weighted by atomic mass is 10.1. The van der Waals surface area contributed by atoms with Crippen molar-refractivity contribution in [2.75, 3.05) is 20.1 Å². The summed E-state index contributed by atoms with van der Waals surface area (Å²) in [6.45, 7) is 4.08. The Labute approximate surface area is 99.4 Å². The van der Waals surface area contributed by atoms with Gasteiger partial charge in [0.05, 0.1) is 0 Å². The van der Waals surface area contributed by atoms with Crippen molar-refractivity contribution >= 4 is 5.91 Å². The fourth-order valence-electron chi connectivity index (χ4n) is 2.05. The van der Waals surface area contributed by atoms with Gasteiger partial charge >= 0.3 is 0 Å². The molecule has 1 fully saturated rings. The van der Waals surface area contributed by atoms with Crippen molar-refractivity contribution in [1.82, 2.24) is 10.6 Å². The molecule has 3 heteroatoms. The van der Waals surface area contributed by atoms with Crippen molar-refractivity contribution in [3.63, 3.8) is 0 Å². The maximum atomic E-state index is 11.6. The van der Waals surface area contributed by atoms with E-state index in [1.165, 1.54) is 32.1 Å². The minimum Gasteiger partial charge on any atom is -0.355 e. The first-order valence-electron chi connectivity index (χ1n) is 6.64. The van der Waals surface area contributed by atoms with Crippen molar-refractivity contribution in [3.05, 3.63) is 0 Å². The first-order chi connectivity index (χ1) is 7.72. The smallest absolute Gasteiger partial charge is 0.220 e. The van der Waals surface area contributed by atoms with Gasteiger partial charge in [0.1, 0.15) is 0 Å². The molecular formula is C13H26N2O. The van der Waals surface area contributed by atoms with Crippen LogP contribution in [-0.4, -0.2) is 26.0 Å². The third-order valence-electron chi connectivity index (χ3n) is 3.43. The molecule has 0 atom stereocenters. The lowest BCUT2D eigenvalue weighted by Crippen LogP contribution is -2.34.